The standard InChI is InChI=1S/C12H8BrFO5S/c13-8-5-7(1-2-9(8)14)6-20(17,18)11-4-3-10(19-11)12(15)16/h1-5H,6H2,(H,15,16). The van der Waals surface area contributed by atoms with E-state index < -0.39 is 38.2 Å². The minimum absolute atomic E-state index is 0.149. The number of aromatic carboxylic acids is 1. The number of rotatable bonds is 4. The predicted molar refractivity (Wildman–Crippen MR) is 70.7 cm³/mol. The molecule has 0 bridgehead atoms. The molecule has 0 amide bonds. The van der Waals surface area contributed by atoms with Gasteiger partial charge in [0.25, 0.3) is 0 Å². The maximum Gasteiger partial charge on any atom is 0.371 e. The lowest BCUT2D eigenvalue weighted by Crippen LogP contribution is -2.04. The first-order chi connectivity index (χ1) is 9.29. The van der Waals surface area contributed by atoms with Gasteiger partial charge in [-0.3, -0.25) is 0 Å². The Morgan fingerprint density at radius 3 is 2.55 bits per heavy atom. The minimum Gasteiger partial charge on any atom is -0.475 e. The number of carbonyl (C=O) groups is 1. The first-order valence-electron chi connectivity index (χ1n) is 5.29. The molecule has 5 nitrogen and oxygen atoms in total. The van der Waals surface area contributed by atoms with E-state index in [-0.39, 0.29) is 4.47 Å². The van der Waals surface area contributed by atoms with Gasteiger partial charge in [0.05, 0.1) is 10.2 Å². The summed E-state index contributed by atoms with van der Waals surface area (Å²) in [6, 6.07) is 5.96. The Morgan fingerprint density at radius 2 is 2.00 bits per heavy atom. The molecular weight excluding hydrogens is 355 g/mol. The molecule has 106 valence electrons. The highest BCUT2D eigenvalue weighted by Crippen LogP contribution is 2.22. The smallest absolute Gasteiger partial charge is 0.371 e. The molecule has 1 heterocycles. The van der Waals surface area contributed by atoms with Crippen molar-refractivity contribution >= 4 is 31.7 Å². The number of carboxylic acids is 1. The molecule has 0 spiro atoms. The highest BCUT2D eigenvalue weighted by Gasteiger charge is 2.22. The van der Waals surface area contributed by atoms with Crippen LogP contribution < -0.4 is 0 Å². The monoisotopic (exact) mass is 362 g/mol. The maximum absolute atomic E-state index is 13.1. The number of carboxylic acid groups (broad SMARTS) is 1. The van der Waals surface area contributed by atoms with Crippen molar-refractivity contribution in [2.75, 3.05) is 0 Å². The topological polar surface area (TPSA) is 84.6 Å². The van der Waals surface area contributed by atoms with Crippen molar-refractivity contribution in [2.24, 2.45) is 0 Å². The highest BCUT2D eigenvalue weighted by atomic mass is 79.9. The number of hydrogen-bond donors (Lipinski definition) is 1. The average Bonchev–Trinajstić information content (AvgIpc) is 2.84. The molecule has 1 N–H and O–H groups in total. The molecule has 0 saturated heterocycles. The van der Waals surface area contributed by atoms with Crippen molar-refractivity contribution in [3.05, 3.63) is 51.9 Å². The third kappa shape index (κ3) is 3.07. The number of sulfone groups is 1. The van der Waals surface area contributed by atoms with E-state index in [2.05, 4.69) is 15.9 Å². The molecule has 1 aromatic heterocycles. The van der Waals surface area contributed by atoms with Crippen LogP contribution in [0.1, 0.15) is 16.1 Å². The van der Waals surface area contributed by atoms with E-state index in [1.54, 1.807) is 0 Å². The van der Waals surface area contributed by atoms with Crippen LogP contribution in [0.2, 0.25) is 0 Å². The fourth-order valence-electron chi connectivity index (χ4n) is 1.52. The van der Waals surface area contributed by atoms with Gasteiger partial charge >= 0.3 is 5.97 Å². The van der Waals surface area contributed by atoms with Crippen molar-refractivity contribution in [3.63, 3.8) is 0 Å². The minimum atomic E-state index is -3.83. The van der Waals surface area contributed by atoms with Crippen LogP contribution in [-0.2, 0) is 15.6 Å². The third-order valence-electron chi connectivity index (χ3n) is 2.44. The molecule has 0 fully saturated rings. The van der Waals surface area contributed by atoms with Gasteiger partial charge in [0.15, 0.2) is 0 Å². The first-order valence-corrected chi connectivity index (χ1v) is 7.74. The van der Waals surface area contributed by atoms with E-state index in [1.807, 2.05) is 0 Å². The fourth-order valence-corrected chi connectivity index (χ4v) is 3.20. The lowest BCUT2D eigenvalue weighted by Gasteiger charge is -2.03. The van der Waals surface area contributed by atoms with Crippen LogP contribution in [0, 0.1) is 5.82 Å². The van der Waals surface area contributed by atoms with Crippen LogP contribution in [0.4, 0.5) is 4.39 Å². The summed E-state index contributed by atoms with van der Waals surface area (Å²) in [4.78, 5) is 10.6. The van der Waals surface area contributed by atoms with Gasteiger partial charge in [0.1, 0.15) is 5.82 Å². The zero-order chi connectivity index (χ0) is 14.9. The Morgan fingerprint density at radius 1 is 1.30 bits per heavy atom. The molecule has 1 aromatic carbocycles. The fraction of sp³-hybridized carbons (Fsp3) is 0.0833. The molecule has 0 radical (unpaired) electrons. The Kier molecular flexibility index (Phi) is 3.96. The van der Waals surface area contributed by atoms with Crippen molar-refractivity contribution in [3.8, 4) is 0 Å². The summed E-state index contributed by atoms with van der Waals surface area (Å²) in [7, 11) is -3.83. The third-order valence-corrected chi connectivity index (χ3v) is 4.59. The van der Waals surface area contributed by atoms with Gasteiger partial charge in [0.2, 0.25) is 20.7 Å². The van der Waals surface area contributed by atoms with Gasteiger partial charge in [0, 0.05) is 0 Å². The van der Waals surface area contributed by atoms with E-state index in [9.17, 15) is 17.6 Å². The van der Waals surface area contributed by atoms with E-state index in [0.717, 1.165) is 18.2 Å². The Bertz CT molecular complexity index is 766. The summed E-state index contributed by atoms with van der Waals surface area (Å²) in [6.07, 6.45) is 0. The number of benzene rings is 1. The summed E-state index contributed by atoms with van der Waals surface area (Å²) in [5.41, 5.74) is 0.353. The Labute approximate surface area is 122 Å². The van der Waals surface area contributed by atoms with Crippen LogP contribution in [-0.4, -0.2) is 19.5 Å². The largest absolute Gasteiger partial charge is 0.475 e. The molecule has 0 aliphatic carbocycles. The van der Waals surface area contributed by atoms with Gasteiger partial charge in [-0.05, 0) is 45.8 Å². The van der Waals surface area contributed by atoms with E-state index in [4.69, 9.17) is 9.52 Å². The van der Waals surface area contributed by atoms with Crippen molar-refractivity contribution < 1.29 is 27.1 Å². The van der Waals surface area contributed by atoms with Crippen molar-refractivity contribution in [2.45, 2.75) is 10.8 Å². The summed E-state index contributed by atoms with van der Waals surface area (Å²) in [6.45, 7) is 0. The SMILES string of the molecule is O=C(O)c1ccc(S(=O)(=O)Cc2ccc(F)c(Br)c2)o1. The lowest BCUT2D eigenvalue weighted by atomic mass is 10.2. The van der Waals surface area contributed by atoms with E-state index >= 15 is 0 Å². The quantitative estimate of drug-likeness (QED) is 0.903. The predicted octanol–water partition coefficient (Wildman–Crippen LogP) is 2.85. The number of hydrogen-bond acceptors (Lipinski definition) is 4. The van der Waals surface area contributed by atoms with Crippen LogP contribution in [0.3, 0.4) is 0 Å². The van der Waals surface area contributed by atoms with Crippen molar-refractivity contribution in [1.82, 2.24) is 0 Å². The summed E-state index contributed by atoms with van der Waals surface area (Å²) >= 11 is 2.96. The van der Waals surface area contributed by atoms with Gasteiger partial charge < -0.3 is 9.52 Å². The molecule has 2 rings (SSSR count). The Hall–Kier alpha value is -1.67. The van der Waals surface area contributed by atoms with Crippen LogP contribution in [0.15, 0.2) is 44.3 Å². The molecule has 0 atom stereocenters. The highest BCUT2D eigenvalue weighted by molar-refractivity contribution is 9.10. The second kappa shape index (κ2) is 5.37. The number of halogens is 2. The zero-order valence-electron chi connectivity index (χ0n) is 9.84. The average molecular weight is 363 g/mol. The van der Waals surface area contributed by atoms with Gasteiger partial charge in [-0.2, -0.15) is 0 Å². The normalized spacial score (nSPS) is 11.5. The van der Waals surface area contributed by atoms with E-state index in [1.165, 1.54) is 12.1 Å². The van der Waals surface area contributed by atoms with Crippen LogP contribution >= 0.6 is 15.9 Å². The Balaban J connectivity index is 2.30. The summed E-state index contributed by atoms with van der Waals surface area (Å²) in [5, 5.41) is 8.25. The van der Waals surface area contributed by atoms with Crippen LogP contribution in [0.5, 0.6) is 0 Å². The van der Waals surface area contributed by atoms with Crippen molar-refractivity contribution in [1.29, 1.82) is 0 Å². The molecule has 0 aliphatic rings. The zero-order valence-corrected chi connectivity index (χ0v) is 12.2. The molecule has 20 heavy (non-hydrogen) atoms. The lowest BCUT2D eigenvalue weighted by molar-refractivity contribution is 0.0656. The first kappa shape index (κ1) is 14.7. The van der Waals surface area contributed by atoms with E-state index in [0.29, 0.717) is 5.56 Å². The second-order valence-corrected chi connectivity index (χ2v) is 6.71. The molecule has 0 aliphatic heterocycles. The van der Waals surface area contributed by atoms with Gasteiger partial charge in [-0.25, -0.2) is 17.6 Å². The molecule has 0 saturated carbocycles. The molecule has 2 aromatic rings. The summed E-state index contributed by atoms with van der Waals surface area (Å²) < 4.78 is 42.1. The van der Waals surface area contributed by atoms with Gasteiger partial charge in [-0.1, -0.05) is 6.07 Å². The van der Waals surface area contributed by atoms with Gasteiger partial charge in [-0.15, -0.1) is 0 Å². The molecular formula is C12H8BrFO5S. The molecule has 0 unspecified atom stereocenters. The van der Waals surface area contributed by atoms with Crippen LogP contribution in [0.25, 0.3) is 0 Å². The second-order valence-electron chi connectivity index (χ2n) is 3.93. The number of furan rings is 1. The molecule has 8 heteroatoms. The maximum atomic E-state index is 13.1. The summed E-state index contributed by atoms with van der Waals surface area (Å²) in [5.74, 6) is -2.73.